The second-order valence-corrected chi connectivity index (χ2v) is 4.65. The Bertz CT molecular complexity index is 665. The van der Waals surface area contributed by atoms with E-state index in [1.165, 1.54) is 0 Å². The number of aryl methyl sites for hydroxylation is 2. The van der Waals surface area contributed by atoms with E-state index in [-0.39, 0.29) is 5.91 Å². The van der Waals surface area contributed by atoms with E-state index < -0.39 is 0 Å². The van der Waals surface area contributed by atoms with Crippen LogP contribution >= 0.6 is 0 Å². The van der Waals surface area contributed by atoms with Crippen LogP contribution in [0.25, 0.3) is 0 Å². The normalized spacial score (nSPS) is 9.81. The van der Waals surface area contributed by atoms with E-state index in [0.717, 1.165) is 16.8 Å². The lowest BCUT2D eigenvalue weighted by Gasteiger charge is -2.09. The van der Waals surface area contributed by atoms with E-state index in [1.54, 1.807) is 12.5 Å². The van der Waals surface area contributed by atoms with Crippen molar-refractivity contribution in [2.24, 2.45) is 5.73 Å². The minimum Gasteiger partial charge on any atom is -0.337 e. The third-order valence-corrected chi connectivity index (χ3v) is 2.93. The molecule has 2 rings (SSSR count). The molecule has 2 aromatic rings. The molecule has 1 aromatic heterocycles. The van der Waals surface area contributed by atoms with Crippen LogP contribution in [0.3, 0.4) is 0 Å². The van der Waals surface area contributed by atoms with Gasteiger partial charge in [0.1, 0.15) is 0 Å². The van der Waals surface area contributed by atoms with Crippen molar-refractivity contribution in [3.63, 3.8) is 0 Å². The third-order valence-electron chi connectivity index (χ3n) is 2.93. The zero-order valence-corrected chi connectivity index (χ0v) is 12.0. The molecule has 0 radical (unpaired) electrons. The van der Waals surface area contributed by atoms with Gasteiger partial charge in [-0.25, -0.2) is 4.98 Å². The largest absolute Gasteiger partial charge is 0.337 e. The van der Waals surface area contributed by atoms with Crippen molar-refractivity contribution >= 4 is 11.6 Å². The summed E-state index contributed by atoms with van der Waals surface area (Å²) in [5.41, 5.74) is 8.00. The summed E-state index contributed by atoms with van der Waals surface area (Å²) in [5, 5.41) is 2.89. The van der Waals surface area contributed by atoms with Gasteiger partial charge in [0.25, 0.3) is 0 Å². The van der Waals surface area contributed by atoms with Gasteiger partial charge < -0.3 is 15.6 Å². The first kappa shape index (κ1) is 14.8. The van der Waals surface area contributed by atoms with Crippen LogP contribution in [0.15, 0.2) is 36.9 Å². The Kier molecular flexibility index (Phi) is 5.13. The van der Waals surface area contributed by atoms with Crippen molar-refractivity contribution in [3.8, 4) is 11.8 Å². The van der Waals surface area contributed by atoms with Crippen molar-refractivity contribution in [3.05, 3.63) is 48.0 Å². The molecule has 0 saturated carbocycles. The maximum absolute atomic E-state index is 12.0. The number of hydrogen-bond donors (Lipinski definition) is 2. The van der Waals surface area contributed by atoms with Crippen molar-refractivity contribution in [2.75, 3.05) is 11.9 Å². The highest BCUT2D eigenvalue weighted by Gasteiger charge is 2.06. The first-order valence-corrected chi connectivity index (χ1v) is 6.74. The molecule has 0 aliphatic rings. The fourth-order valence-electron chi connectivity index (χ4n) is 1.88. The molecule has 5 nitrogen and oxygen atoms in total. The molecule has 0 bridgehead atoms. The van der Waals surface area contributed by atoms with Crippen LogP contribution in [0.5, 0.6) is 0 Å². The van der Waals surface area contributed by atoms with Gasteiger partial charge >= 0.3 is 0 Å². The molecule has 21 heavy (non-hydrogen) atoms. The summed E-state index contributed by atoms with van der Waals surface area (Å²) >= 11 is 0. The molecule has 0 aliphatic carbocycles. The van der Waals surface area contributed by atoms with Crippen LogP contribution < -0.4 is 11.1 Å². The van der Waals surface area contributed by atoms with Gasteiger partial charge in [-0.2, -0.15) is 0 Å². The Morgan fingerprint density at radius 3 is 3.05 bits per heavy atom. The summed E-state index contributed by atoms with van der Waals surface area (Å²) in [6, 6.07) is 5.75. The quantitative estimate of drug-likeness (QED) is 0.835. The molecule has 0 aliphatic heterocycles. The second-order valence-electron chi connectivity index (χ2n) is 4.65. The molecule has 1 heterocycles. The number of anilines is 1. The van der Waals surface area contributed by atoms with Gasteiger partial charge in [-0.15, -0.1) is 0 Å². The summed E-state index contributed by atoms with van der Waals surface area (Å²) in [6.45, 7) is 2.88. The van der Waals surface area contributed by atoms with E-state index in [1.807, 2.05) is 35.9 Å². The van der Waals surface area contributed by atoms with Gasteiger partial charge in [-0.05, 0) is 24.6 Å². The van der Waals surface area contributed by atoms with Gasteiger partial charge in [-0.1, -0.05) is 17.9 Å². The summed E-state index contributed by atoms with van der Waals surface area (Å²) in [6.07, 6.45) is 5.60. The number of nitrogens with two attached hydrogens (primary N) is 1. The van der Waals surface area contributed by atoms with Crippen molar-refractivity contribution in [1.82, 2.24) is 9.55 Å². The molecule has 0 saturated heterocycles. The molecule has 1 amide bonds. The number of carbonyl (C=O) groups is 1. The highest BCUT2D eigenvalue weighted by molar-refractivity contribution is 5.92. The Morgan fingerprint density at radius 2 is 2.33 bits per heavy atom. The minimum absolute atomic E-state index is 0.0525. The molecule has 0 atom stereocenters. The topological polar surface area (TPSA) is 72.9 Å². The van der Waals surface area contributed by atoms with Gasteiger partial charge in [0.15, 0.2) is 0 Å². The fraction of sp³-hybridized carbons (Fsp3) is 0.250. The molecule has 5 heteroatoms. The maximum Gasteiger partial charge on any atom is 0.226 e. The van der Waals surface area contributed by atoms with Crippen LogP contribution in [-0.4, -0.2) is 22.0 Å². The second kappa shape index (κ2) is 7.27. The van der Waals surface area contributed by atoms with E-state index in [4.69, 9.17) is 5.73 Å². The van der Waals surface area contributed by atoms with Crippen LogP contribution in [0, 0.1) is 18.8 Å². The predicted octanol–water partition coefficient (Wildman–Crippen LogP) is 1.53. The van der Waals surface area contributed by atoms with E-state index >= 15 is 0 Å². The third kappa shape index (κ3) is 4.48. The van der Waals surface area contributed by atoms with Crippen molar-refractivity contribution in [2.45, 2.75) is 19.9 Å². The van der Waals surface area contributed by atoms with Crippen LogP contribution in [0.4, 0.5) is 5.69 Å². The number of rotatable bonds is 4. The number of imidazole rings is 1. The van der Waals surface area contributed by atoms with Gasteiger partial charge in [0.2, 0.25) is 5.91 Å². The minimum atomic E-state index is -0.0525. The number of nitrogens with zero attached hydrogens (tertiary/aromatic N) is 2. The average Bonchev–Trinajstić information content (AvgIpc) is 2.98. The molecule has 0 fully saturated rings. The Labute approximate surface area is 124 Å². The highest BCUT2D eigenvalue weighted by Crippen LogP contribution is 2.16. The maximum atomic E-state index is 12.0. The van der Waals surface area contributed by atoms with E-state index in [2.05, 4.69) is 22.1 Å². The summed E-state index contributed by atoms with van der Waals surface area (Å²) < 4.78 is 1.86. The number of nitrogens with one attached hydrogen (secondary N) is 1. The number of benzene rings is 1. The predicted molar refractivity (Wildman–Crippen MR) is 82.6 cm³/mol. The monoisotopic (exact) mass is 282 g/mol. The lowest BCUT2D eigenvalue weighted by atomic mass is 10.1. The van der Waals surface area contributed by atoms with Crippen molar-refractivity contribution in [1.29, 1.82) is 0 Å². The first-order valence-electron chi connectivity index (χ1n) is 6.74. The van der Waals surface area contributed by atoms with Gasteiger partial charge in [-0.3, -0.25) is 4.79 Å². The number of amides is 1. The van der Waals surface area contributed by atoms with Gasteiger partial charge in [0.05, 0.1) is 18.6 Å². The number of hydrogen-bond acceptors (Lipinski definition) is 3. The van der Waals surface area contributed by atoms with Crippen LogP contribution in [0.2, 0.25) is 0 Å². The van der Waals surface area contributed by atoms with Gasteiger partial charge in [0, 0.05) is 30.9 Å². The lowest BCUT2D eigenvalue weighted by Crippen LogP contribution is -2.15. The van der Waals surface area contributed by atoms with Crippen LogP contribution in [-0.2, 0) is 11.3 Å². The first-order chi connectivity index (χ1) is 10.2. The van der Waals surface area contributed by atoms with Crippen LogP contribution in [0.1, 0.15) is 17.5 Å². The molecule has 0 spiro atoms. The zero-order valence-electron chi connectivity index (χ0n) is 12.0. The van der Waals surface area contributed by atoms with E-state index in [9.17, 15) is 4.79 Å². The average molecular weight is 282 g/mol. The standard InChI is InChI=1S/C16H18N4O/c1-13-4-5-15(14(11-13)3-2-7-17)19-16(21)6-9-20-10-8-18-12-20/h4-5,8,10-12H,6-7,9,17H2,1H3,(H,19,21). The Hall–Kier alpha value is -2.58. The zero-order chi connectivity index (χ0) is 15.1. The SMILES string of the molecule is Cc1ccc(NC(=O)CCn2ccnc2)c(C#CCN)c1. The molecular weight excluding hydrogens is 264 g/mol. The molecule has 0 unspecified atom stereocenters. The molecule has 108 valence electrons. The lowest BCUT2D eigenvalue weighted by molar-refractivity contribution is -0.116. The smallest absolute Gasteiger partial charge is 0.226 e. The number of aromatic nitrogens is 2. The molecule has 1 aromatic carbocycles. The summed E-state index contributed by atoms with van der Waals surface area (Å²) in [5.74, 6) is 5.75. The highest BCUT2D eigenvalue weighted by atomic mass is 16.1. The molecular formula is C16H18N4O. The molecule has 3 N–H and O–H groups in total. The summed E-state index contributed by atoms with van der Waals surface area (Å²) in [4.78, 5) is 15.9. The number of carbonyl (C=O) groups excluding carboxylic acids is 1. The fourth-order valence-corrected chi connectivity index (χ4v) is 1.88. The Morgan fingerprint density at radius 1 is 1.48 bits per heavy atom. The van der Waals surface area contributed by atoms with Crippen molar-refractivity contribution < 1.29 is 4.79 Å². The summed E-state index contributed by atoms with van der Waals surface area (Å²) in [7, 11) is 0. The Balaban J connectivity index is 2.02. The van der Waals surface area contributed by atoms with E-state index in [0.29, 0.717) is 19.5 Å².